The van der Waals surface area contributed by atoms with Crippen molar-refractivity contribution in [1.29, 1.82) is 0 Å². The maximum absolute atomic E-state index is 11.2. The van der Waals surface area contributed by atoms with E-state index in [0.717, 1.165) is 33.9 Å². The highest BCUT2D eigenvalue weighted by Gasteiger charge is 2.14. The summed E-state index contributed by atoms with van der Waals surface area (Å²) in [6, 6.07) is 17.4. The van der Waals surface area contributed by atoms with Crippen LogP contribution in [-0.4, -0.2) is 30.0 Å². The van der Waals surface area contributed by atoms with Crippen LogP contribution in [0, 0.1) is 0 Å². The molecular weight excluding hydrogens is 354 g/mol. The first-order valence-electron chi connectivity index (χ1n) is 8.74. The summed E-state index contributed by atoms with van der Waals surface area (Å²) in [4.78, 5) is 15.7. The van der Waals surface area contributed by atoms with Crippen molar-refractivity contribution < 1.29 is 14.3 Å². The first-order valence-corrected chi connectivity index (χ1v) is 8.74. The highest BCUT2D eigenvalue weighted by atomic mass is 16.5. The highest BCUT2D eigenvalue weighted by Crippen LogP contribution is 2.34. The predicted octanol–water partition coefficient (Wildman–Crippen LogP) is 4.25. The monoisotopic (exact) mass is 373 g/mol. The molecule has 0 atom stereocenters. The fourth-order valence-electron chi connectivity index (χ4n) is 3.28. The third-order valence-corrected chi connectivity index (χ3v) is 4.60. The number of nitrogens with zero attached hydrogens (tertiary/aromatic N) is 2. The van der Waals surface area contributed by atoms with Crippen molar-refractivity contribution in [2.24, 2.45) is 0 Å². The number of rotatable bonds is 6. The zero-order valence-electron chi connectivity index (χ0n) is 15.5. The number of methoxy groups -OCH3 is 2. The minimum atomic E-state index is 0.618. The normalized spacial score (nSPS) is 10.6. The van der Waals surface area contributed by atoms with Crippen molar-refractivity contribution in [3.8, 4) is 33.9 Å². The third kappa shape index (κ3) is 3.05. The fourth-order valence-corrected chi connectivity index (χ4v) is 3.28. The number of para-hydroxylation sites is 1. The molecule has 6 nitrogen and oxygen atoms in total. The summed E-state index contributed by atoms with van der Waals surface area (Å²) in [6.07, 6.45) is 4.43. The van der Waals surface area contributed by atoms with Gasteiger partial charge < -0.3 is 14.8 Å². The highest BCUT2D eigenvalue weighted by molar-refractivity contribution is 5.87. The molecule has 140 valence electrons. The van der Waals surface area contributed by atoms with Crippen LogP contribution in [0.4, 0.5) is 5.69 Å². The second-order valence-electron chi connectivity index (χ2n) is 6.17. The van der Waals surface area contributed by atoms with E-state index in [2.05, 4.69) is 10.3 Å². The maximum Gasteiger partial charge on any atom is 0.211 e. The number of anilines is 1. The van der Waals surface area contributed by atoms with E-state index < -0.39 is 0 Å². The standard InChI is InChI=1S/C22H19N3O3/c1-27-17-7-5-6-15(10-17)20-12-23-22-19(24-14-26)11-16(13-25(20)22)18-8-3-4-9-21(18)28-2/h3-14H,1-2H3,(H,24,26). The van der Waals surface area contributed by atoms with Gasteiger partial charge in [-0.25, -0.2) is 4.98 Å². The van der Waals surface area contributed by atoms with Gasteiger partial charge in [-0.15, -0.1) is 0 Å². The molecule has 2 aromatic heterocycles. The number of ether oxygens (including phenoxy) is 2. The number of benzene rings is 2. The first-order chi connectivity index (χ1) is 13.7. The van der Waals surface area contributed by atoms with Gasteiger partial charge in [0.15, 0.2) is 5.65 Å². The van der Waals surface area contributed by atoms with Crippen LogP contribution in [0.5, 0.6) is 11.5 Å². The molecule has 2 heterocycles. The lowest BCUT2D eigenvalue weighted by Gasteiger charge is -2.12. The quantitative estimate of drug-likeness (QED) is 0.513. The van der Waals surface area contributed by atoms with Gasteiger partial charge in [0.05, 0.1) is 31.8 Å². The van der Waals surface area contributed by atoms with Crippen molar-refractivity contribution in [3.63, 3.8) is 0 Å². The van der Waals surface area contributed by atoms with Crippen LogP contribution in [-0.2, 0) is 4.79 Å². The minimum absolute atomic E-state index is 0.618. The Morgan fingerprint density at radius 1 is 1.00 bits per heavy atom. The van der Waals surface area contributed by atoms with Gasteiger partial charge in [-0.05, 0) is 24.3 Å². The van der Waals surface area contributed by atoms with E-state index in [1.165, 1.54) is 0 Å². The largest absolute Gasteiger partial charge is 0.497 e. The molecule has 0 spiro atoms. The van der Waals surface area contributed by atoms with Crippen molar-refractivity contribution in [3.05, 3.63) is 67.0 Å². The Balaban J connectivity index is 1.97. The molecule has 1 N–H and O–H groups in total. The van der Waals surface area contributed by atoms with Crippen LogP contribution >= 0.6 is 0 Å². The van der Waals surface area contributed by atoms with Gasteiger partial charge >= 0.3 is 0 Å². The summed E-state index contributed by atoms with van der Waals surface area (Å²) >= 11 is 0. The number of pyridine rings is 1. The zero-order chi connectivity index (χ0) is 19.5. The lowest BCUT2D eigenvalue weighted by atomic mass is 10.1. The van der Waals surface area contributed by atoms with Gasteiger partial charge in [-0.3, -0.25) is 9.20 Å². The SMILES string of the molecule is COc1cccc(-c2cnc3c(NC=O)cc(-c4ccccc4OC)cn23)c1. The Bertz CT molecular complexity index is 1150. The smallest absolute Gasteiger partial charge is 0.211 e. The van der Waals surface area contributed by atoms with Crippen LogP contribution in [0.1, 0.15) is 0 Å². The number of imidazole rings is 1. The van der Waals surface area contributed by atoms with E-state index >= 15 is 0 Å². The Hall–Kier alpha value is -3.80. The number of carbonyl (C=O) groups is 1. The molecule has 6 heteroatoms. The van der Waals surface area contributed by atoms with Gasteiger partial charge in [0, 0.05) is 22.9 Å². The number of amides is 1. The van der Waals surface area contributed by atoms with E-state index in [1.807, 2.05) is 65.2 Å². The molecule has 0 fully saturated rings. The van der Waals surface area contributed by atoms with Crippen molar-refractivity contribution in [2.75, 3.05) is 19.5 Å². The van der Waals surface area contributed by atoms with Gasteiger partial charge in [-0.1, -0.05) is 30.3 Å². The number of nitrogens with one attached hydrogen (secondary N) is 1. The van der Waals surface area contributed by atoms with Crippen molar-refractivity contribution >= 4 is 17.7 Å². The topological polar surface area (TPSA) is 64.9 Å². The van der Waals surface area contributed by atoms with Crippen LogP contribution in [0.25, 0.3) is 28.0 Å². The summed E-state index contributed by atoms with van der Waals surface area (Å²) in [5.74, 6) is 1.52. The Morgan fingerprint density at radius 2 is 1.86 bits per heavy atom. The summed E-state index contributed by atoms with van der Waals surface area (Å²) in [5.41, 5.74) is 4.94. The van der Waals surface area contributed by atoms with Crippen LogP contribution in [0.15, 0.2) is 67.0 Å². The lowest BCUT2D eigenvalue weighted by Crippen LogP contribution is -2.00. The van der Waals surface area contributed by atoms with Gasteiger partial charge in [-0.2, -0.15) is 0 Å². The Kier molecular flexibility index (Phi) is 4.68. The number of hydrogen-bond donors (Lipinski definition) is 1. The van der Waals surface area contributed by atoms with Crippen molar-refractivity contribution in [2.45, 2.75) is 0 Å². The van der Waals surface area contributed by atoms with Gasteiger partial charge in [0.25, 0.3) is 0 Å². The summed E-state index contributed by atoms with van der Waals surface area (Å²) < 4.78 is 12.8. The first kappa shape index (κ1) is 17.6. The minimum Gasteiger partial charge on any atom is -0.497 e. The predicted molar refractivity (Wildman–Crippen MR) is 109 cm³/mol. The lowest BCUT2D eigenvalue weighted by molar-refractivity contribution is -0.105. The molecule has 2 aromatic carbocycles. The molecule has 0 radical (unpaired) electrons. The molecular formula is C22H19N3O3. The molecule has 0 saturated carbocycles. The van der Waals surface area contributed by atoms with Crippen LogP contribution in [0.3, 0.4) is 0 Å². The van der Waals surface area contributed by atoms with Crippen molar-refractivity contribution in [1.82, 2.24) is 9.38 Å². The summed E-state index contributed by atoms with van der Waals surface area (Å²) in [7, 11) is 3.28. The van der Waals surface area contributed by atoms with E-state index in [9.17, 15) is 4.79 Å². The summed E-state index contributed by atoms with van der Waals surface area (Å²) in [5, 5.41) is 2.76. The molecule has 0 aliphatic heterocycles. The molecule has 28 heavy (non-hydrogen) atoms. The van der Waals surface area contributed by atoms with Gasteiger partial charge in [0.1, 0.15) is 11.5 Å². The average Bonchev–Trinajstić information content (AvgIpc) is 3.18. The molecule has 0 saturated heterocycles. The van der Waals surface area contributed by atoms with E-state index in [1.54, 1.807) is 20.4 Å². The second kappa shape index (κ2) is 7.44. The molecule has 0 unspecified atom stereocenters. The molecule has 0 aliphatic carbocycles. The molecule has 4 rings (SSSR count). The van der Waals surface area contributed by atoms with E-state index in [4.69, 9.17) is 9.47 Å². The average molecular weight is 373 g/mol. The van der Waals surface area contributed by atoms with E-state index in [-0.39, 0.29) is 0 Å². The van der Waals surface area contributed by atoms with Crippen LogP contribution < -0.4 is 14.8 Å². The maximum atomic E-state index is 11.2. The molecule has 1 amide bonds. The third-order valence-electron chi connectivity index (χ3n) is 4.60. The molecule has 0 aliphatic rings. The van der Waals surface area contributed by atoms with E-state index in [0.29, 0.717) is 17.7 Å². The molecule has 4 aromatic rings. The zero-order valence-corrected chi connectivity index (χ0v) is 15.5. The Labute approximate surface area is 162 Å². The van der Waals surface area contributed by atoms with Gasteiger partial charge in [0.2, 0.25) is 6.41 Å². The number of fused-ring (bicyclic) bond motifs is 1. The summed E-state index contributed by atoms with van der Waals surface area (Å²) in [6.45, 7) is 0. The number of carbonyl (C=O) groups excluding carboxylic acids is 1. The second-order valence-corrected chi connectivity index (χ2v) is 6.17. The number of aromatic nitrogens is 2. The number of hydrogen-bond acceptors (Lipinski definition) is 4. The molecule has 0 bridgehead atoms. The Morgan fingerprint density at radius 3 is 2.64 bits per heavy atom. The van der Waals surface area contributed by atoms with Crippen LogP contribution in [0.2, 0.25) is 0 Å². The fraction of sp³-hybridized carbons (Fsp3) is 0.0909.